The fourth-order valence-electron chi connectivity index (χ4n) is 16.2. The van der Waals surface area contributed by atoms with Crippen molar-refractivity contribution >= 4 is 21.5 Å². The van der Waals surface area contributed by atoms with Crippen molar-refractivity contribution in [3.05, 3.63) is 372 Å². The van der Waals surface area contributed by atoms with Gasteiger partial charge >= 0.3 is 0 Å². The summed E-state index contributed by atoms with van der Waals surface area (Å²) in [5.74, 6) is 4.51. The van der Waals surface area contributed by atoms with E-state index in [4.69, 9.17) is 29.4 Å². The molecular weight excluding hydrogens is 1170 g/mol. The minimum Gasteiger partial charge on any atom is -0.457 e. The maximum absolute atomic E-state index is 7.26. The van der Waals surface area contributed by atoms with Crippen LogP contribution in [0.25, 0.3) is 123 Å². The quantitative estimate of drug-likeness (QED) is 0.158. The fraction of sp³-hybridized carbons (Fsp3) is 0.0222. The SMILES string of the molecule is c1ccc(-c2nc(-c3ccc4c(c3)Oc3ccc(-c5ccc(-c6nc(-c7ccc8c(c7)Oc7ccccc7C87c8ccccc8-c8ccccc87)cc(-c7ccc8ccccc8c7)n6)cc5)cc3C43c4ccccc4-c4ccccc43)cc(-c3cccc4ccccc34)n2)cc1. The molecule has 0 N–H and O–H groups in total. The van der Waals surface area contributed by atoms with Gasteiger partial charge < -0.3 is 9.47 Å². The molecule has 16 aromatic rings. The standard InChI is InChI=1S/C90H54N4O2/c1-2-21-58(22-3-1)87-93-81(54-82(94-87)70-30-18-24-57-20-6-7-25-65(57)70)64-44-47-77-86(52-64)96-84-48-45-61(50-78(84)90(77)73-33-14-10-28-68(73)69-29-11-15-34-74(69)90)56-37-40-59(41-38-56)88-91-79(62-42-39-55-19-4-5-23-60(55)49-62)53-80(92-88)63-43-46-76-85(51-63)95-83-36-17-16-35-75(83)89(76)71-31-12-8-26-66(71)67-27-9-13-32-72(67)89/h1-54H. The third-order valence-electron chi connectivity index (χ3n) is 20.5. The molecule has 6 nitrogen and oxygen atoms in total. The van der Waals surface area contributed by atoms with E-state index in [1.165, 1.54) is 49.9 Å². The van der Waals surface area contributed by atoms with Crippen molar-refractivity contribution in [2.75, 3.05) is 0 Å². The Kier molecular flexibility index (Phi) is 11.8. The molecule has 0 amide bonds. The third-order valence-corrected chi connectivity index (χ3v) is 20.5. The topological polar surface area (TPSA) is 70.0 Å². The van der Waals surface area contributed by atoms with Gasteiger partial charge in [0.05, 0.1) is 33.6 Å². The van der Waals surface area contributed by atoms with Crippen molar-refractivity contribution < 1.29 is 9.47 Å². The monoisotopic (exact) mass is 1220 g/mol. The number of fused-ring (bicyclic) bond motifs is 20. The van der Waals surface area contributed by atoms with Crippen LogP contribution in [0, 0.1) is 0 Å². The van der Waals surface area contributed by atoms with Crippen LogP contribution in [-0.2, 0) is 10.8 Å². The minimum atomic E-state index is -0.717. The zero-order valence-electron chi connectivity index (χ0n) is 51.8. The van der Waals surface area contributed by atoms with Gasteiger partial charge in [0.1, 0.15) is 23.0 Å². The molecule has 4 aliphatic rings. The molecule has 20 rings (SSSR count). The van der Waals surface area contributed by atoms with Crippen LogP contribution in [-0.4, -0.2) is 19.9 Å². The first-order valence-electron chi connectivity index (χ1n) is 32.7. The molecule has 0 unspecified atom stereocenters. The summed E-state index contributed by atoms with van der Waals surface area (Å²) >= 11 is 0. The number of nitrogens with zero attached hydrogens (tertiary/aromatic N) is 4. The number of aromatic nitrogens is 4. The van der Waals surface area contributed by atoms with Gasteiger partial charge in [-0.05, 0) is 126 Å². The summed E-state index contributed by atoms with van der Waals surface area (Å²) in [6.07, 6.45) is 0. The minimum absolute atomic E-state index is 0.574. The molecule has 14 aromatic carbocycles. The molecule has 0 bridgehead atoms. The fourth-order valence-corrected chi connectivity index (χ4v) is 16.2. The van der Waals surface area contributed by atoms with Crippen LogP contribution in [0.5, 0.6) is 23.0 Å². The highest BCUT2D eigenvalue weighted by Gasteiger charge is 2.53. The summed E-state index contributed by atoms with van der Waals surface area (Å²) in [7, 11) is 0. The van der Waals surface area contributed by atoms with Gasteiger partial charge in [-0.3, -0.25) is 0 Å². The van der Waals surface area contributed by atoms with Crippen LogP contribution >= 0.6 is 0 Å². The summed E-state index contributed by atoms with van der Waals surface area (Å²) < 4.78 is 14.3. The van der Waals surface area contributed by atoms with Crippen molar-refractivity contribution in [3.8, 4) is 124 Å². The van der Waals surface area contributed by atoms with E-state index in [9.17, 15) is 0 Å². The average Bonchev–Trinajstić information content (AvgIpc) is 1.47. The summed E-state index contributed by atoms with van der Waals surface area (Å²) in [5, 5.41) is 4.61. The molecule has 2 spiro atoms. The van der Waals surface area contributed by atoms with Crippen LogP contribution in [0.4, 0.5) is 0 Å². The van der Waals surface area contributed by atoms with Crippen molar-refractivity contribution in [1.82, 2.24) is 19.9 Å². The van der Waals surface area contributed by atoms with Gasteiger partial charge in [0.15, 0.2) is 11.6 Å². The van der Waals surface area contributed by atoms with Crippen LogP contribution in [0.2, 0.25) is 0 Å². The summed E-state index contributed by atoms with van der Waals surface area (Å²) in [6, 6.07) is 117. The summed E-state index contributed by atoms with van der Waals surface area (Å²) in [6.45, 7) is 0. The molecule has 0 fully saturated rings. The number of rotatable bonds is 7. The van der Waals surface area contributed by atoms with Gasteiger partial charge in [0.25, 0.3) is 0 Å². The zero-order chi connectivity index (χ0) is 63.1. The molecule has 96 heavy (non-hydrogen) atoms. The number of para-hydroxylation sites is 1. The van der Waals surface area contributed by atoms with Crippen molar-refractivity contribution in [1.29, 1.82) is 0 Å². The van der Waals surface area contributed by atoms with Crippen LogP contribution in [0.15, 0.2) is 328 Å². The zero-order valence-corrected chi connectivity index (χ0v) is 51.8. The number of ether oxygens (including phenoxy) is 2. The molecule has 4 heterocycles. The van der Waals surface area contributed by atoms with E-state index >= 15 is 0 Å². The van der Waals surface area contributed by atoms with Crippen molar-refractivity contribution in [2.24, 2.45) is 0 Å². The highest BCUT2D eigenvalue weighted by molar-refractivity contribution is 5.97. The first-order chi connectivity index (χ1) is 47.5. The molecule has 2 aliphatic heterocycles. The Labute approximate surface area is 554 Å². The first-order valence-corrected chi connectivity index (χ1v) is 32.7. The van der Waals surface area contributed by atoms with Gasteiger partial charge in [-0.2, -0.15) is 0 Å². The van der Waals surface area contributed by atoms with Gasteiger partial charge in [-0.15, -0.1) is 0 Å². The molecule has 0 saturated carbocycles. The molecule has 0 atom stereocenters. The second kappa shape index (κ2) is 20.9. The predicted molar refractivity (Wildman–Crippen MR) is 385 cm³/mol. The smallest absolute Gasteiger partial charge is 0.160 e. The van der Waals surface area contributed by atoms with E-state index in [-0.39, 0.29) is 0 Å². The van der Waals surface area contributed by atoms with Gasteiger partial charge in [0, 0.05) is 55.6 Å². The highest BCUT2D eigenvalue weighted by Crippen LogP contribution is 2.64. The summed E-state index contributed by atoms with van der Waals surface area (Å²) in [5.41, 5.74) is 24.1. The van der Waals surface area contributed by atoms with E-state index in [2.05, 4.69) is 309 Å². The Morgan fingerprint density at radius 1 is 0.198 bits per heavy atom. The largest absolute Gasteiger partial charge is 0.457 e. The van der Waals surface area contributed by atoms with Crippen LogP contribution < -0.4 is 9.47 Å². The van der Waals surface area contributed by atoms with Gasteiger partial charge in [-0.25, -0.2) is 19.9 Å². The number of hydrogen-bond donors (Lipinski definition) is 0. The lowest BCUT2D eigenvalue weighted by Crippen LogP contribution is -2.32. The molecule has 446 valence electrons. The van der Waals surface area contributed by atoms with Gasteiger partial charge in [0.2, 0.25) is 0 Å². The number of hydrogen-bond acceptors (Lipinski definition) is 6. The Bertz CT molecular complexity index is 5840. The first kappa shape index (κ1) is 54.0. The molecule has 2 aromatic heterocycles. The lowest BCUT2D eigenvalue weighted by Gasteiger charge is -2.39. The number of benzene rings is 14. The molecular formula is C90H54N4O2. The van der Waals surface area contributed by atoms with Gasteiger partial charge in [-0.1, -0.05) is 279 Å². The summed E-state index contributed by atoms with van der Waals surface area (Å²) in [4.78, 5) is 21.4. The Morgan fingerprint density at radius 3 is 1.21 bits per heavy atom. The lowest BCUT2D eigenvalue weighted by molar-refractivity contribution is 0.436. The van der Waals surface area contributed by atoms with Crippen LogP contribution in [0.1, 0.15) is 44.5 Å². The van der Waals surface area contributed by atoms with E-state index in [1.807, 2.05) is 18.2 Å². The predicted octanol–water partition coefficient (Wildman–Crippen LogP) is 22.2. The second-order valence-corrected chi connectivity index (χ2v) is 25.5. The maximum atomic E-state index is 7.26. The Balaban J connectivity index is 0.705. The normalized spacial score (nSPS) is 13.5. The van der Waals surface area contributed by atoms with Crippen LogP contribution in [0.3, 0.4) is 0 Å². The van der Waals surface area contributed by atoms with Crippen molar-refractivity contribution in [3.63, 3.8) is 0 Å². The Morgan fingerprint density at radius 2 is 0.594 bits per heavy atom. The van der Waals surface area contributed by atoms with E-state index < -0.39 is 10.8 Å². The highest BCUT2D eigenvalue weighted by atomic mass is 16.5. The maximum Gasteiger partial charge on any atom is 0.160 e. The third kappa shape index (κ3) is 7.99. The molecule has 2 aliphatic carbocycles. The average molecular weight is 1220 g/mol. The van der Waals surface area contributed by atoms with E-state index in [1.54, 1.807) is 0 Å². The molecule has 6 heteroatoms. The second-order valence-electron chi connectivity index (χ2n) is 25.5. The lowest BCUT2D eigenvalue weighted by atomic mass is 9.65. The Hall–Kier alpha value is -12.6. The molecule has 0 saturated heterocycles. The molecule has 0 radical (unpaired) electrons. The van der Waals surface area contributed by atoms with Crippen molar-refractivity contribution in [2.45, 2.75) is 10.8 Å². The van der Waals surface area contributed by atoms with E-state index in [0.29, 0.717) is 11.6 Å². The van der Waals surface area contributed by atoms with E-state index in [0.717, 1.165) is 129 Å².